The number of piperazine rings is 1. The second-order valence-corrected chi connectivity index (χ2v) is 5.39. The minimum absolute atomic E-state index is 0.360. The van der Waals surface area contributed by atoms with Crippen LogP contribution in [0.15, 0.2) is 36.4 Å². The summed E-state index contributed by atoms with van der Waals surface area (Å²) < 4.78 is 0. The smallest absolute Gasteiger partial charge is 0.407 e. The molecule has 0 spiro atoms. The van der Waals surface area contributed by atoms with Crippen LogP contribution in [0.1, 0.15) is 0 Å². The lowest BCUT2D eigenvalue weighted by Gasteiger charge is -2.33. The van der Waals surface area contributed by atoms with E-state index in [0.29, 0.717) is 37.1 Å². The first-order chi connectivity index (χ1) is 10.6. The molecule has 0 aliphatic carbocycles. The number of hydrogen-bond acceptors (Lipinski definition) is 4. The van der Waals surface area contributed by atoms with Crippen molar-refractivity contribution in [2.75, 3.05) is 31.1 Å². The van der Waals surface area contributed by atoms with Crippen LogP contribution in [-0.4, -0.2) is 52.5 Å². The normalized spacial score (nSPS) is 15.0. The number of halogens is 1. The third-order valence-corrected chi connectivity index (χ3v) is 3.97. The molecule has 2 heterocycles. The van der Waals surface area contributed by atoms with Crippen molar-refractivity contribution in [3.05, 3.63) is 41.6 Å². The molecule has 6 nitrogen and oxygen atoms in total. The van der Waals surface area contributed by atoms with E-state index in [1.165, 1.54) is 4.90 Å². The Morgan fingerprint density at radius 1 is 1.09 bits per heavy atom. The molecule has 1 fully saturated rings. The molecule has 1 aromatic carbocycles. The molecule has 0 atom stereocenters. The Bertz CT molecular complexity index is 672. The largest absolute Gasteiger partial charge is 0.465 e. The number of carbonyl (C=O) groups is 1. The summed E-state index contributed by atoms with van der Waals surface area (Å²) in [6.45, 7) is 2.11. The van der Waals surface area contributed by atoms with Crippen LogP contribution in [0.3, 0.4) is 0 Å². The fourth-order valence-corrected chi connectivity index (χ4v) is 2.67. The fraction of sp³-hybridized carbons (Fsp3) is 0.267. The Balaban J connectivity index is 1.83. The van der Waals surface area contributed by atoms with Crippen molar-refractivity contribution >= 4 is 23.5 Å². The van der Waals surface area contributed by atoms with Crippen molar-refractivity contribution in [1.29, 1.82) is 0 Å². The predicted octanol–water partition coefficient (Wildman–Crippen LogP) is 2.60. The maximum atomic E-state index is 10.9. The number of benzene rings is 1. The molecule has 0 radical (unpaired) electrons. The van der Waals surface area contributed by atoms with Crippen LogP contribution in [0.2, 0.25) is 5.15 Å². The van der Waals surface area contributed by atoms with E-state index in [4.69, 9.17) is 16.7 Å². The van der Waals surface area contributed by atoms with Crippen molar-refractivity contribution in [2.24, 2.45) is 0 Å². The van der Waals surface area contributed by atoms with Gasteiger partial charge in [-0.15, -0.1) is 10.2 Å². The third kappa shape index (κ3) is 2.96. The third-order valence-electron chi connectivity index (χ3n) is 3.69. The Labute approximate surface area is 132 Å². The van der Waals surface area contributed by atoms with E-state index in [2.05, 4.69) is 10.2 Å². The van der Waals surface area contributed by atoms with Gasteiger partial charge < -0.3 is 14.9 Å². The van der Waals surface area contributed by atoms with E-state index >= 15 is 0 Å². The lowest BCUT2D eigenvalue weighted by molar-refractivity contribution is 0.142. The second-order valence-electron chi connectivity index (χ2n) is 5.03. The number of hydrogen-bond donors (Lipinski definition) is 1. The number of aromatic nitrogens is 2. The molecule has 1 N–H and O–H groups in total. The lowest BCUT2D eigenvalue weighted by Crippen LogP contribution is -2.48. The quantitative estimate of drug-likeness (QED) is 0.921. The average Bonchev–Trinajstić information content (AvgIpc) is 2.56. The van der Waals surface area contributed by atoms with E-state index < -0.39 is 6.09 Å². The molecule has 1 amide bonds. The van der Waals surface area contributed by atoms with E-state index in [9.17, 15) is 4.79 Å². The first-order valence-electron chi connectivity index (χ1n) is 6.96. The first-order valence-corrected chi connectivity index (χ1v) is 7.34. The summed E-state index contributed by atoms with van der Waals surface area (Å²) in [6, 6.07) is 11.7. The van der Waals surface area contributed by atoms with Crippen molar-refractivity contribution in [2.45, 2.75) is 0 Å². The highest BCUT2D eigenvalue weighted by Gasteiger charge is 2.22. The van der Waals surface area contributed by atoms with Gasteiger partial charge in [0, 0.05) is 31.7 Å². The van der Waals surface area contributed by atoms with Gasteiger partial charge in [0.2, 0.25) is 0 Å². The molecule has 0 bridgehead atoms. The molecule has 1 aromatic heterocycles. The molecular formula is C15H15ClN4O2. The van der Waals surface area contributed by atoms with Crippen LogP contribution in [0.4, 0.5) is 10.6 Å². The van der Waals surface area contributed by atoms with Crippen molar-refractivity contribution in [1.82, 2.24) is 15.1 Å². The summed E-state index contributed by atoms with van der Waals surface area (Å²) in [7, 11) is 0. The number of rotatable bonds is 2. The molecule has 7 heteroatoms. The SMILES string of the molecule is O=C(O)N1CCN(c2cc(-c3ccccc3)c(Cl)nn2)CC1. The molecule has 0 unspecified atom stereocenters. The van der Waals surface area contributed by atoms with Gasteiger partial charge in [-0.25, -0.2) is 4.79 Å². The zero-order chi connectivity index (χ0) is 15.5. The minimum Gasteiger partial charge on any atom is -0.465 e. The fourth-order valence-electron chi connectivity index (χ4n) is 2.47. The van der Waals surface area contributed by atoms with Crippen molar-refractivity contribution in [3.63, 3.8) is 0 Å². The van der Waals surface area contributed by atoms with Crippen LogP contribution in [-0.2, 0) is 0 Å². The van der Waals surface area contributed by atoms with Crippen molar-refractivity contribution in [3.8, 4) is 11.1 Å². The van der Waals surface area contributed by atoms with Gasteiger partial charge in [0.05, 0.1) is 0 Å². The minimum atomic E-state index is -0.883. The van der Waals surface area contributed by atoms with Gasteiger partial charge in [-0.3, -0.25) is 0 Å². The summed E-state index contributed by atoms with van der Waals surface area (Å²) in [4.78, 5) is 14.4. The van der Waals surface area contributed by atoms with E-state index in [1.54, 1.807) is 0 Å². The number of carboxylic acid groups (broad SMARTS) is 1. The zero-order valence-corrected chi connectivity index (χ0v) is 12.6. The van der Waals surface area contributed by atoms with Gasteiger partial charge in [-0.05, 0) is 11.6 Å². The van der Waals surface area contributed by atoms with E-state index in [0.717, 1.165) is 11.1 Å². The van der Waals surface area contributed by atoms with Crippen molar-refractivity contribution < 1.29 is 9.90 Å². The predicted molar refractivity (Wildman–Crippen MR) is 84.3 cm³/mol. The van der Waals surface area contributed by atoms with Crippen LogP contribution in [0.25, 0.3) is 11.1 Å². The highest BCUT2D eigenvalue weighted by atomic mass is 35.5. The highest BCUT2D eigenvalue weighted by Crippen LogP contribution is 2.28. The number of anilines is 1. The molecule has 1 aliphatic heterocycles. The van der Waals surface area contributed by atoms with Crippen LogP contribution in [0, 0.1) is 0 Å². The maximum absolute atomic E-state index is 10.9. The van der Waals surface area contributed by atoms with Crippen LogP contribution < -0.4 is 4.90 Å². The van der Waals surface area contributed by atoms with Gasteiger partial charge in [0.15, 0.2) is 11.0 Å². The average molecular weight is 319 g/mol. The van der Waals surface area contributed by atoms with Gasteiger partial charge in [-0.1, -0.05) is 41.9 Å². The molecular weight excluding hydrogens is 304 g/mol. The molecule has 114 valence electrons. The molecule has 3 rings (SSSR count). The Morgan fingerprint density at radius 3 is 2.41 bits per heavy atom. The Hall–Kier alpha value is -2.34. The second kappa shape index (κ2) is 6.19. The van der Waals surface area contributed by atoms with Gasteiger partial charge in [0.25, 0.3) is 0 Å². The molecule has 2 aromatic rings. The molecule has 1 aliphatic rings. The summed E-state index contributed by atoms with van der Waals surface area (Å²) in [5.41, 5.74) is 1.81. The Kier molecular flexibility index (Phi) is 4.11. The van der Waals surface area contributed by atoms with Crippen LogP contribution in [0.5, 0.6) is 0 Å². The monoisotopic (exact) mass is 318 g/mol. The maximum Gasteiger partial charge on any atom is 0.407 e. The van der Waals surface area contributed by atoms with E-state index in [1.807, 2.05) is 41.3 Å². The summed E-state index contributed by atoms with van der Waals surface area (Å²) in [5, 5.41) is 17.5. The Morgan fingerprint density at radius 2 is 1.77 bits per heavy atom. The summed E-state index contributed by atoms with van der Waals surface area (Å²) in [6.07, 6.45) is -0.883. The standard InChI is InChI=1S/C15H15ClN4O2/c16-14-12(11-4-2-1-3-5-11)10-13(17-18-14)19-6-8-20(9-7-19)15(21)22/h1-5,10H,6-9H2,(H,21,22). The number of amides is 1. The topological polar surface area (TPSA) is 69.6 Å². The summed E-state index contributed by atoms with van der Waals surface area (Å²) in [5.74, 6) is 0.716. The summed E-state index contributed by atoms with van der Waals surface area (Å²) >= 11 is 6.16. The van der Waals surface area contributed by atoms with Crippen LogP contribution >= 0.6 is 11.6 Å². The first kappa shape index (κ1) is 14.6. The highest BCUT2D eigenvalue weighted by molar-refractivity contribution is 6.32. The van der Waals surface area contributed by atoms with Gasteiger partial charge in [-0.2, -0.15) is 0 Å². The van der Waals surface area contributed by atoms with E-state index in [-0.39, 0.29) is 0 Å². The van der Waals surface area contributed by atoms with Gasteiger partial charge in [0.1, 0.15) is 0 Å². The zero-order valence-electron chi connectivity index (χ0n) is 11.8. The lowest BCUT2D eigenvalue weighted by atomic mass is 10.1. The number of nitrogens with zero attached hydrogens (tertiary/aromatic N) is 4. The molecule has 1 saturated heterocycles. The molecule has 22 heavy (non-hydrogen) atoms. The van der Waals surface area contributed by atoms with Gasteiger partial charge >= 0.3 is 6.09 Å². The molecule has 0 saturated carbocycles.